The van der Waals surface area contributed by atoms with Crippen LogP contribution in [0.3, 0.4) is 0 Å². The zero-order valence-corrected chi connectivity index (χ0v) is 9.21. The maximum absolute atomic E-state index is 5.66. The quantitative estimate of drug-likeness (QED) is 0.657. The third-order valence-corrected chi connectivity index (χ3v) is 2.02. The number of hydrogen-bond donors (Lipinski definition) is 0. The lowest BCUT2D eigenvalue weighted by atomic mass is 10.0. The van der Waals surface area contributed by atoms with Gasteiger partial charge in [0.05, 0.1) is 0 Å². The first-order chi connectivity index (χ1) is 6.61. The molecule has 0 aliphatic carbocycles. The molecule has 0 aromatic heterocycles. The van der Waals surface area contributed by atoms with E-state index in [2.05, 4.69) is 26.5 Å². The third kappa shape index (κ3) is 2.91. The standard InChI is InChI=1S/C13H18O/c1-10(2)9-14-13-8-6-5-7-12(13)11(3)4/h5-8,11H,1,9H2,2-4H3. The minimum absolute atomic E-state index is 0.497. The van der Waals surface area contributed by atoms with E-state index in [1.807, 2.05) is 25.1 Å². The van der Waals surface area contributed by atoms with Crippen molar-refractivity contribution in [2.24, 2.45) is 0 Å². The number of hydrogen-bond acceptors (Lipinski definition) is 1. The van der Waals surface area contributed by atoms with E-state index in [4.69, 9.17) is 4.74 Å². The molecule has 76 valence electrons. The van der Waals surface area contributed by atoms with Crippen LogP contribution in [0.4, 0.5) is 0 Å². The van der Waals surface area contributed by atoms with Crippen molar-refractivity contribution in [2.45, 2.75) is 26.7 Å². The topological polar surface area (TPSA) is 9.23 Å². The highest BCUT2D eigenvalue weighted by atomic mass is 16.5. The lowest BCUT2D eigenvalue weighted by Crippen LogP contribution is -2.01. The lowest BCUT2D eigenvalue weighted by Gasteiger charge is -2.13. The predicted octanol–water partition coefficient (Wildman–Crippen LogP) is 3.76. The van der Waals surface area contributed by atoms with Crippen LogP contribution in [0.2, 0.25) is 0 Å². The Morgan fingerprint density at radius 3 is 2.57 bits per heavy atom. The summed E-state index contributed by atoms with van der Waals surface area (Å²) < 4.78 is 5.66. The summed E-state index contributed by atoms with van der Waals surface area (Å²) in [6.07, 6.45) is 0. The number of ether oxygens (including phenoxy) is 1. The fourth-order valence-electron chi connectivity index (χ4n) is 1.29. The molecule has 0 radical (unpaired) electrons. The van der Waals surface area contributed by atoms with Crippen LogP contribution in [0.5, 0.6) is 5.75 Å². The molecule has 0 unspecified atom stereocenters. The van der Waals surface area contributed by atoms with Crippen molar-refractivity contribution >= 4 is 0 Å². The Balaban J connectivity index is 2.79. The van der Waals surface area contributed by atoms with E-state index in [9.17, 15) is 0 Å². The Morgan fingerprint density at radius 2 is 2.00 bits per heavy atom. The van der Waals surface area contributed by atoms with Crippen LogP contribution >= 0.6 is 0 Å². The summed E-state index contributed by atoms with van der Waals surface area (Å²) in [7, 11) is 0. The van der Waals surface area contributed by atoms with E-state index in [1.165, 1.54) is 5.56 Å². The minimum Gasteiger partial charge on any atom is -0.489 e. The molecule has 0 aliphatic heterocycles. The molecule has 14 heavy (non-hydrogen) atoms. The van der Waals surface area contributed by atoms with Crippen molar-refractivity contribution < 1.29 is 4.74 Å². The molecule has 0 fully saturated rings. The van der Waals surface area contributed by atoms with E-state index in [-0.39, 0.29) is 0 Å². The zero-order valence-electron chi connectivity index (χ0n) is 9.21. The second kappa shape index (κ2) is 4.85. The molecule has 0 aliphatic rings. The van der Waals surface area contributed by atoms with Gasteiger partial charge >= 0.3 is 0 Å². The fraction of sp³-hybridized carbons (Fsp3) is 0.385. The van der Waals surface area contributed by atoms with Crippen LogP contribution in [0.1, 0.15) is 32.3 Å². The Bertz CT molecular complexity index is 313. The van der Waals surface area contributed by atoms with Gasteiger partial charge in [-0.2, -0.15) is 0 Å². The lowest BCUT2D eigenvalue weighted by molar-refractivity contribution is 0.347. The summed E-state index contributed by atoms with van der Waals surface area (Å²) in [5, 5.41) is 0. The average Bonchev–Trinajstić information content (AvgIpc) is 2.15. The van der Waals surface area contributed by atoms with Gasteiger partial charge in [0.1, 0.15) is 12.4 Å². The van der Waals surface area contributed by atoms with Crippen LogP contribution in [0.25, 0.3) is 0 Å². The largest absolute Gasteiger partial charge is 0.489 e. The summed E-state index contributed by atoms with van der Waals surface area (Å²) in [6, 6.07) is 8.17. The molecular weight excluding hydrogens is 172 g/mol. The number of benzene rings is 1. The van der Waals surface area contributed by atoms with E-state index in [0.29, 0.717) is 12.5 Å². The molecule has 1 aromatic carbocycles. The Labute approximate surface area is 86.4 Å². The second-order valence-electron chi connectivity index (χ2n) is 3.94. The highest BCUT2D eigenvalue weighted by molar-refractivity contribution is 5.35. The summed E-state index contributed by atoms with van der Waals surface area (Å²) in [5.41, 5.74) is 2.30. The average molecular weight is 190 g/mol. The molecule has 1 aromatic rings. The molecule has 0 bridgehead atoms. The smallest absolute Gasteiger partial charge is 0.123 e. The first-order valence-electron chi connectivity index (χ1n) is 4.97. The molecule has 0 N–H and O–H groups in total. The predicted molar refractivity (Wildman–Crippen MR) is 60.8 cm³/mol. The van der Waals surface area contributed by atoms with Gasteiger partial charge in [-0.25, -0.2) is 0 Å². The number of para-hydroxylation sites is 1. The molecule has 0 saturated carbocycles. The van der Waals surface area contributed by atoms with Crippen LogP contribution in [-0.2, 0) is 0 Å². The Morgan fingerprint density at radius 1 is 1.36 bits per heavy atom. The van der Waals surface area contributed by atoms with Gasteiger partial charge in [-0.05, 0) is 30.0 Å². The zero-order chi connectivity index (χ0) is 10.6. The monoisotopic (exact) mass is 190 g/mol. The van der Waals surface area contributed by atoms with Crippen LogP contribution in [-0.4, -0.2) is 6.61 Å². The molecule has 0 heterocycles. The van der Waals surface area contributed by atoms with E-state index < -0.39 is 0 Å². The SMILES string of the molecule is C=C(C)COc1ccccc1C(C)C. The highest BCUT2D eigenvalue weighted by Crippen LogP contribution is 2.25. The molecule has 0 amide bonds. The number of rotatable bonds is 4. The van der Waals surface area contributed by atoms with Gasteiger partial charge in [-0.3, -0.25) is 0 Å². The van der Waals surface area contributed by atoms with Crippen molar-refractivity contribution in [2.75, 3.05) is 6.61 Å². The molecule has 1 nitrogen and oxygen atoms in total. The van der Waals surface area contributed by atoms with Crippen molar-refractivity contribution in [3.8, 4) is 5.75 Å². The van der Waals surface area contributed by atoms with Crippen molar-refractivity contribution in [1.82, 2.24) is 0 Å². The second-order valence-corrected chi connectivity index (χ2v) is 3.94. The Hall–Kier alpha value is -1.24. The summed E-state index contributed by atoms with van der Waals surface area (Å²) in [6.45, 7) is 10.7. The highest BCUT2D eigenvalue weighted by Gasteiger charge is 2.05. The summed E-state index contributed by atoms with van der Waals surface area (Å²) in [4.78, 5) is 0. The van der Waals surface area contributed by atoms with Crippen LogP contribution in [0, 0.1) is 0 Å². The molecule has 0 atom stereocenters. The van der Waals surface area contributed by atoms with Crippen molar-refractivity contribution in [3.05, 3.63) is 42.0 Å². The molecular formula is C13H18O. The third-order valence-electron chi connectivity index (χ3n) is 2.02. The van der Waals surface area contributed by atoms with Gasteiger partial charge in [0.2, 0.25) is 0 Å². The van der Waals surface area contributed by atoms with Crippen molar-refractivity contribution in [3.63, 3.8) is 0 Å². The van der Waals surface area contributed by atoms with E-state index in [1.54, 1.807) is 0 Å². The first-order valence-corrected chi connectivity index (χ1v) is 4.97. The maximum atomic E-state index is 5.66. The maximum Gasteiger partial charge on any atom is 0.123 e. The minimum atomic E-state index is 0.497. The van der Waals surface area contributed by atoms with Gasteiger partial charge in [0.25, 0.3) is 0 Å². The summed E-state index contributed by atoms with van der Waals surface area (Å²) in [5.74, 6) is 1.47. The van der Waals surface area contributed by atoms with Gasteiger partial charge < -0.3 is 4.74 Å². The first kappa shape index (κ1) is 10.8. The van der Waals surface area contributed by atoms with Gasteiger partial charge in [0.15, 0.2) is 0 Å². The molecule has 1 heteroatoms. The van der Waals surface area contributed by atoms with E-state index in [0.717, 1.165) is 11.3 Å². The fourth-order valence-corrected chi connectivity index (χ4v) is 1.29. The normalized spacial score (nSPS) is 10.3. The molecule has 1 rings (SSSR count). The summed E-state index contributed by atoms with van der Waals surface area (Å²) >= 11 is 0. The van der Waals surface area contributed by atoms with Crippen LogP contribution in [0.15, 0.2) is 36.4 Å². The van der Waals surface area contributed by atoms with Gasteiger partial charge in [0, 0.05) is 0 Å². The molecule has 0 spiro atoms. The van der Waals surface area contributed by atoms with Gasteiger partial charge in [-0.15, -0.1) is 0 Å². The Kier molecular flexibility index (Phi) is 3.75. The van der Waals surface area contributed by atoms with Gasteiger partial charge in [-0.1, -0.05) is 38.6 Å². The van der Waals surface area contributed by atoms with E-state index >= 15 is 0 Å². The van der Waals surface area contributed by atoms with Crippen LogP contribution < -0.4 is 4.74 Å². The molecule has 0 saturated heterocycles. The van der Waals surface area contributed by atoms with Crippen molar-refractivity contribution in [1.29, 1.82) is 0 Å².